The summed E-state index contributed by atoms with van der Waals surface area (Å²) in [6.45, 7) is 1.99. The number of fused-ring (bicyclic) bond motifs is 1. The quantitative estimate of drug-likeness (QED) is 0.684. The Bertz CT molecular complexity index is 961. The number of amides is 1. The fraction of sp³-hybridized carbons (Fsp3) is 0.143. The largest absolute Gasteiger partial charge is 0.465 e. The molecule has 2 N–H and O–H groups in total. The van der Waals surface area contributed by atoms with Gasteiger partial charge in [-0.15, -0.1) is 0 Å². The van der Waals surface area contributed by atoms with E-state index in [1.165, 1.54) is 7.11 Å². The Labute approximate surface area is 152 Å². The minimum Gasteiger partial charge on any atom is -0.465 e. The molecule has 5 heteroatoms. The lowest BCUT2D eigenvalue weighted by Crippen LogP contribution is -2.22. The first kappa shape index (κ1) is 17.5. The van der Waals surface area contributed by atoms with Gasteiger partial charge in [-0.1, -0.05) is 42.5 Å². The number of methoxy groups -OCH3 is 1. The maximum absolute atomic E-state index is 12.3. The summed E-state index contributed by atoms with van der Waals surface area (Å²) in [4.78, 5) is 24.0. The molecule has 0 saturated carbocycles. The van der Waals surface area contributed by atoms with Gasteiger partial charge in [-0.25, -0.2) is 4.79 Å². The van der Waals surface area contributed by atoms with Crippen molar-refractivity contribution in [1.29, 1.82) is 0 Å². The van der Waals surface area contributed by atoms with Crippen LogP contribution in [0.2, 0.25) is 0 Å². The smallest absolute Gasteiger partial charge is 0.337 e. The highest BCUT2D eigenvalue weighted by molar-refractivity contribution is 5.99. The van der Waals surface area contributed by atoms with Crippen molar-refractivity contribution in [3.8, 4) is 0 Å². The number of esters is 1. The van der Waals surface area contributed by atoms with Crippen LogP contribution >= 0.6 is 0 Å². The molecule has 132 valence electrons. The normalized spacial score (nSPS) is 10.4. The van der Waals surface area contributed by atoms with Gasteiger partial charge in [0.2, 0.25) is 5.91 Å². The predicted octanol–water partition coefficient (Wildman–Crippen LogP) is 3.99. The zero-order valence-corrected chi connectivity index (χ0v) is 14.7. The van der Waals surface area contributed by atoms with E-state index < -0.39 is 5.97 Å². The van der Waals surface area contributed by atoms with E-state index in [-0.39, 0.29) is 12.5 Å². The first-order chi connectivity index (χ1) is 12.6. The van der Waals surface area contributed by atoms with Gasteiger partial charge in [0, 0.05) is 16.8 Å². The van der Waals surface area contributed by atoms with E-state index in [0.29, 0.717) is 11.3 Å². The monoisotopic (exact) mass is 348 g/mol. The van der Waals surface area contributed by atoms with Crippen LogP contribution in [0.4, 0.5) is 11.4 Å². The second-order valence-corrected chi connectivity index (χ2v) is 5.95. The molecule has 5 nitrogen and oxygen atoms in total. The summed E-state index contributed by atoms with van der Waals surface area (Å²) in [7, 11) is 1.33. The van der Waals surface area contributed by atoms with Crippen molar-refractivity contribution in [2.75, 3.05) is 24.3 Å². The molecule has 3 rings (SSSR count). The summed E-state index contributed by atoms with van der Waals surface area (Å²) in [5, 5.41) is 8.18. The van der Waals surface area contributed by atoms with Crippen LogP contribution in [0.15, 0.2) is 60.7 Å². The molecule has 0 aliphatic rings. The Morgan fingerprint density at radius 2 is 1.73 bits per heavy atom. The molecule has 0 aliphatic carbocycles. The lowest BCUT2D eigenvalue weighted by Gasteiger charge is -2.12. The fourth-order valence-corrected chi connectivity index (χ4v) is 2.75. The van der Waals surface area contributed by atoms with Gasteiger partial charge in [0.25, 0.3) is 0 Å². The molecule has 3 aromatic carbocycles. The molecule has 0 bridgehead atoms. The summed E-state index contributed by atoms with van der Waals surface area (Å²) in [6.07, 6.45) is 0. The second kappa shape index (κ2) is 7.70. The lowest BCUT2D eigenvalue weighted by atomic mass is 10.1. The third-order valence-corrected chi connectivity index (χ3v) is 4.16. The van der Waals surface area contributed by atoms with Gasteiger partial charge in [-0.3, -0.25) is 4.79 Å². The van der Waals surface area contributed by atoms with Gasteiger partial charge in [0.1, 0.15) is 0 Å². The molecule has 0 atom stereocenters. The minimum atomic E-state index is -0.436. The Balaban J connectivity index is 1.70. The first-order valence-electron chi connectivity index (χ1n) is 8.29. The van der Waals surface area contributed by atoms with Crippen LogP contribution in [-0.4, -0.2) is 25.5 Å². The van der Waals surface area contributed by atoms with E-state index in [1.54, 1.807) is 18.2 Å². The van der Waals surface area contributed by atoms with Crippen LogP contribution in [0, 0.1) is 6.92 Å². The van der Waals surface area contributed by atoms with Gasteiger partial charge in [0.05, 0.1) is 19.2 Å². The molecule has 0 radical (unpaired) electrons. The van der Waals surface area contributed by atoms with Crippen LogP contribution < -0.4 is 10.6 Å². The molecule has 0 unspecified atom stereocenters. The van der Waals surface area contributed by atoms with Crippen molar-refractivity contribution < 1.29 is 14.3 Å². The third-order valence-electron chi connectivity index (χ3n) is 4.16. The SMILES string of the molecule is COC(=O)c1ccc(C)c(NC(=O)CNc2cccc3ccccc23)c1. The van der Waals surface area contributed by atoms with Crippen molar-refractivity contribution in [1.82, 2.24) is 0 Å². The lowest BCUT2D eigenvalue weighted by molar-refractivity contribution is -0.114. The number of carbonyl (C=O) groups is 2. The van der Waals surface area contributed by atoms with Crippen LogP contribution in [0.3, 0.4) is 0 Å². The number of aryl methyl sites for hydroxylation is 1. The first-order valence-corrected chi connectivity index (χ1v) is 8.29. The average molecular weight is 348 g/mol. The number of hydrogen-bond acceptors (Lipinski definition) is 4. The third kappa shape index (κ3) is 3.83. The molecule has 1 amide bonds. The molecular formula is C21H20N2O3. The van der Waals surface area contributed by atoms with E-state index in [0.717, 1.165) is 22.0 Å². The van der Waals surface area contributed by atoms with Crippen molar-refractivity contribution in [3.63, 3.8) is 0 Å². The van der Waals surface area contributed by atoms with E-state index in [2.05, 4.69) is 10.6 Å². The number of nitrogens with one attached hydrogen (secondary N) is 2. The fourth-order valence-electron chi connectivity index (χ4n) is 2.75. The maximum Gasteiger partial charge on any atom is 0.337 e. The van der Waals surface area contributed by atoms with E-state index in [1.807, 2.05) is 49.4 Å². The minimum absolute atomic E-state index is 0.121. The standard InChI is InChI=1S/C21H20N2O3/c1-14-10-11-16(21(25)26-2)12-19(14)23-20(24)13-22-18-9-5-7-15-6-3-4-8-17(15)18/h3-12,22H,13H2,1-2H3,(H,23,24). The zero-order chi connectivity index (χ0) is 18.5. The Kier molecular flexibility index (Phi) is 5.17. The summed E-state index contributed by atoms with van der Waals surface area (Å²) in [6, 6.07) is 19.0. The highest BCUT2D eigenvalue weighted by atomic mass is 16.5. The molecule has 3 aromatic rings. The number of ether oxygens (including phenoxy) is 1. The van der Waals surface area contributed by atoms with Crippen molar-refractivity contribution in [3.05, 3.63) is 71.8 Å². The van der Waals surface area contributed by atoms with Crippen molar-refractivity contribution >= 4 is 34.0 Å². The van der Waals surface area contributed by atoms with E-state index >= 15 is 0 Å². The average Bonchev–Trinajstić information content (AvgIpc) is 2.67. The number of anilines is 2. The van der Waals surface area contributed by atoms with Gasteiger partial charge in [-0.05, 0) is 36.1 Å². The maximum atomic E-state index is 12.3. The number of hydrogen-bond donors (Lipinski definition) is 2. The molecule has 0 aliphatic heterocycles. The molecule has 0 saturated heterocycles. The van der Waals surface area contributed by atoms with Crippen LogP contribution in [0.25, 0.3) is 10.8 Å². The van der Waals surface area contributed by atoms with Gasteiger partial charge in [-0.2, -0.15) is 0 Å². The molecule has 0 spiro atoms. The van der Waals surface area contributed by atoms with Gasteiger partial charge < -0.3 is 15.4 Å². The summed E-state index contributed by atoms with van der Waals surface area (Å²) in [5.74, 6) is -0.627. The highest BCUT2D eigenvalue weighted by Crippen LogP contribution is 2.23. The topological polar surface area (TPSA) is 67.4 Å². The Morgan fingerprint density at radius 3 is 2.54 bits per heavy atom. The Hall–Kier alpha value is -3.34. The van der Waals surface area contributed by atoms with Crippen LogP contribution in [0.1, 0.15) is 15.9 Å². The van der Waals surface area contributed by atoms with E-state index in [9.17, 15) is 9.59 Å². The number of benzene rings is 3. The van der Waals surface area contributed by atoms with Crippen molar-refractivity contribution in [2.24, 2.45) is 0 Å². The molecule has 0 heterocycles. The van der Waals surface area contributed by atoms with E-state index in [4.69, 9.17) is 4.74 Å². The van der Waals surface area contributed by atoms with Crippen molar-refractivity contribution in [2.45, 2.75) is 6.92 Å². The van der Waals surface area contributed by atoms with Gasteiger partial charge >= 0.3 is 5.97 Å². The second-order valence-electron chi connectivity index (χ2n) is 5.95. The van der Waals surface area contributed by atoms with Crippen LogP contribution in [-0.2, 0) is 9.53 Å². The highest BCUT2D eigenvalue weighted by Gasteiger charge is 2.10. The van der Waals surface area contributed by atoms with Crippen LogP contribution in [0.5, 0.6) is 0 Å². The molecular weight excluding hydrogens is 328 g/mol. The number of carbonyl (C=O) groups excluding carboxylic acids is 2. The van der Waals surface area contributed by atoms with Gasteiger partial charge in [0.15, 0.2) is 0 Å². The summed E-state index contributed by atoms with van der Waals surface area (Å²) < 4.78 is 4.72. The Morgan fingerprint density at radius 1 is 0.962 bits per heavy atom. The molecule has 26 heavy (non-hydrogen) atoms. The summed E-state index contributed by atoms with van der Waals surface area (Å²) in [5.41, 5.74) is 2.77. The predicted molar refractivity (Wildman–Crippen MR) is 104 cm³/mol. The summed E-state index contributed by atoms with van der Waals surface area (Å²) >= 11 is 0. The molecule has 0 aromatic heterocycles. The zero-order valence-electron chi connectivity index (χ0n) is 14.7. The number of rotatable bonds is 5. The molecule has 0 fully saturated rings.